The molecule has 0 saturated carbocycles. The van der Waals surface area contributed by atoms with Crippen molar-refractivity contribution in [1.82, 2.24) is 0 Å². The second-order valence-corrected chi connectivity index (χ2v) is 6.09. The summed E-state index contributed by atoms with van der Waals surface area (Å²) in [5.41, 5.74) is 0.553. The Kier molecular flexibility index (Phi) is 25.6. The van der Waals surface area contributed by atoms with E-state index in [2.05, 4.69) is 47.8 Å². The molecule has 0 saturated heterocycles. The molecule has 0 radical (unpaired) electrons. The molecule has 112 valence electrons. The molecule has 0 aliphatic carbocycles. The molecule has 2 aromatic carbocycles. The third-order valence-corrected chi connectivity index (χ3v) is 1.95. The molecule has 0 spiro atoms. The normalized spacial score (nSPS) is 7.57. The minimum atomic E-state index is 0. The van der Waals surface area contributed by atoms with Crippen LogP contribution in [0.4, 0.5) is 0 Å². The summed E-state index contributed by atoms with van der Waals surface area (Å²) in [6.07, 6.45) is 0. The van der Waals surface area contributed by atoms with Crippen molar-refractivity contribution in [2.24, 2.45) is 0 Å². The van der Waals surface area contributed by atoms with Crippen molar-refractivity contribution in [3.05, 3.63) is 60.7 Å². The van der Waals surface area contributed by atoms with E-state index in [1.807, 2.05) is 36.4 Å². The third-order valence-electron chi connectivity index (χ3n) is 1.72. The van der Waals surface area contributed by atoms with Gasteiger partial charge in [0.15, 0.2) is 0 Å². The van der Waals surface area contributed by atoms with E-state index in [0.717, 1.165) is 9.99 Å². The molecule has 0 aliphatic heterocycles. The van der Waals surface area contributed by atoms with Crippen LogP contribution >= 0.6 is 47.8 Å². The van der Waals surface area contributed by atoms with Gasteiger partial charge in [-0.3, -0.25) is 0 Å². The van der Waals surface area contributed by atoms with Crippen LogP contribution in [0.3, 0.4) is 0 Å². The van der Waals surface area contributed by atoms with Crippen LogP contribution in [0.5, 0.6) is 11.5 Å². The average molecular weight is 495 g/mol. The largest absolute Gasteiger partial charge is 1.00 e. The maximum absolute atomic E-state index is 8.63. The summed E-state index contributed by atoms with van der Waals surface area (Å²) in [6, 6.07) is 18.4. The first kappa shape index (κ1) is 26.3. The molecular formula is C14H16Br3NaO3. The number of benzene rings is 2. The SMILES string of the molecule is BrCBr.BrCOc1ccccc1.Oc1ccccc1.[Na+].[OH-]. The summed E-state index contributed by atoms with van der Waals surface area (Å²) in [7, 11) is 0. The van der Waals surface area contributed by atoms with Crippen molar-refractivity contribution in [3.8, 4) is 11.5 Å². The maximum atomic E-state index is 8.63. The summed E-state index contributed by atoms with van der Waals surface area (Å²) in [5.74, 6) is 1.22. The van der Waals surface area contributed by atoms with E-state index in [1.165, 1.54) is 0 Å². The van der Waals surface area contributed by atoms with Gasteiger partial charge in [-0.2, -0.15) is 0 Å². The number of hydrogen-bond acceptors (Lipinski definition) is 3. The predicted octanol–water partition coefficient (Wildman–Crippen LogP) is 2.37. The van der Waals surface area contributed by atoms with Crippen molar-refractivity contribution < 1.29 is 44.9 Å². The van der Waals surface area contributed by atoms with Crippen LogP contribution in [0.1, 0.15) is 0 Å². The number of phenolic OH excluding ortho intramolecular Hbond substituents is 1. The monoisotopic (exact) mass is 492 g/mol. The molecule has 21 heavy (non-hydrogen) atoms. The van der Waals surface area contributed by atoms with Crippen molar-refractivity contribution in [3.63, 3.8) is 0 Å². The van der Waals surface area contributed by atoms with E-state index >= 15 is 0 Å². The smallest absolute Gasteiger partial charge is 0.870 e. The summed E-state index contributed by atoms with van der Waals surface area (Å²) >= 11 is 9.29. The quantitative estimate of drug-likeness (QED) is 0.515. The van der Waals surface area contributed by atoms with Gasteiger partial charge in [0.1, 0.15) is 17.0 Å². The van der Waals surface area contributed by atoms with Crippen LogP contribution in [0.15, 0.2) is 60.7 Å². The number of alkyl halides is 3. The molecule has 0 aliphatic rings. The van der Waals surface area contributed by atoms with Crippen molar-refractivity contribution >= 4 is 47.8 Å². The van der Waals surface area contributed by atoms with Crippen LogP contribution in [-0.2, 0) is 0 Å². The molecule has 0 unspecified atom stereocenters. The van der Waals surface area contributed by atoms with Gasteiger partial charge >= 0.3 is 29.6 Å². The van der Waals surface area contributed by atoms with Crippen molar-refractivity contribution in [2.45, 2.75) is 0 Å². The van der Waals surface area contributed by atoms with Gasteiger partial charge < -0.3 is 15.3 Å². The third kappa shape index (κ3) is 18.4. The van der Waals surface area contributed by atoms with E-state index in [1.54, 1.807) is 24.3 Å². The standard InChI is InChI=1S/C7H7BrO.C6H6O.CH2Br2.Na.H2O/c8-6-9-7-4-2-1-3-5-7;7-6-4-2-1-3-5-6;2-1-3;;/h1-5H,6H2;1-5,7H;1H2;;1H2/q;;;+1;/p-1. The number of hydrogen-bond donors (Lipinski definition) is 1. The van der Waals surface area contributed by atoms with Crippen molar-refractivity contribution in [2.75, 3.05) is 9.76 Å². The molecule has 0 atom stereocenters. The molecule has 0 amide bonds. The summed E-state index contributed by atoms with van der Waals surface area (Å²) < 4.78 is 6.00. The molecule has 0 aromatic heterocycles. The van der Waals surface area contributed by atoms with E-state index in [9.17, 15) is 0 Å². The van der Waals surface area contributed by atoms with Gasteiger partial charge in [-0.05, 0) is 40.2 Å². The maximum Gasteiger partial charge on any atom is 1.00 e. The topological polar surface area (TPSA) is 59.5 Å². The molecule has 0 bridgehead atoms. The molecule has 0 heterocycles. The Hall–Kier alpha value is 0.440. The van der Waals surface area contributed by atoms with E-state index < -0.39 is 0 Å². The number of para-hydroxylation sites is 2. The number of rotatable bonds is 2. The molecule has 2 rings (SSSR count). The fourth-order valence-corrected chi connectivity index (χ4v) is 1.27. The Morgan fingerprint density at radius 1 is 0.810 bits per heavy atom. The number of phenols is 1. The first-order valence-corrected chi connectivity index (χ1v) is 8.70. The first-order chi connectivity index (χ1) is 9.24. The molecule has 2 aromatic rings. The van der Waals surface area contributed by atoms with E-state index in [4.69, 9.17) is 9.84 Å². The second-order valence-electron chi connectivity index (χ2n) is 3.00. The van der Waals surface area contributed by atoms with Gasteiger partial charge in [0.2, 0.25) is 0 Å². The van der Waals surface area contributed by atoms with Crippen LogP contribution in [0.25, 0.3) is 0 Å². The van der Waals surface area contributed by atoms with Gasteiger partial charge in [-0.25, -0.2) is 0 Å². The van der Waals surface area contributed by atoms with Crippen LogP contribution in [-0.4, -0.2) is 20.3 Å². The van der Waals surface area contributed by atoms with Crippen LogP contribution in [0.2, 0.25) is 0 Å². The number of aromatic hydroxyl groups is 1. The predicted molar refractivity (Wildman–Crippen MR) is 93.6 cm³/mol. The van der Waals surface area contributed by atoms with Gasteiger partial charge in [0.05, 0.1) is 4.24 Å². The number of ether oxygens (including phenoxy) is 1. The molecule has 7 heteroatoms. The molecule has 0 fully saturated rings. The Bertz CT molecular complexity index is 405. The van der Waals surface area contributed by atoms with Gasteiger partial charge in [0, 0.05) is 0 Å². The zero-order chi connectivity index (χ0) is 14.3. The average Bonchev–Trinajstić information content (AvgIpc) is 2.43. The minimum absolute atomic E-state index is 0. The molecule has 2 N–H and O–H groups in total. The van der Waals surface area contributed by atoms with Gasteiger partial charge in [0.25, 0.3) is 0 Å². The van der Waals surface area contributed by atoms with Crippen LogP contribution in [0, 0.1) is 0 Å². The molecule has 3 nitrogen and oxygen atoms in total. The number of halogens is 3. The second kappa shape index (κ2) is 20.4. The van der Waals surface area contributed by atoms with E-state index in [0.29, 0.717) is 11.3 Å². The summed E-state index contributed by atoms with van der Waals surface area (Å²) in [4.78, 5) is 0. The Morgan fingerprint density at radius 2 is 1.19 bits per heavy atom. The zero-order valence-electron chi connectivity index (χ0n) is 11.6. The van der Waals surface area contributed by atoms with Gasteiger partial charge in [-0.1, -0.05) is 68.3 Å². The van der Waals surface area contributed by atoms with Gasteiger partial charge in [-0.15, -0.1) is 0 Å². The Balaban J connectivity index is -0.000000245. The summed E-state index contributed by atoms with van der Waals surface area (Å²) in [6.45, 7) is 0. The van der Waals surface area contributed by atoms with Crippen LogP contribution < -0.4 is 34.3 Å². The Morgan fingerprint density at radius 3 is 1.48 bits per heavy atom. The molecular weight excluding hydrogens is 479 g/mol. The zero-order valence-corrected chi connectivity index (χ0v) is 18.4. The minimum Gasteiger partial charge on any atom is -0.870 e. The van der Waals surface area contributed by atoms with E-state index in [-0.39, 0.29) is 35.0 Å². The fraction of sp³-hybridized carbons (Fsp3) is 0.143. The van der Waals surface area contributed by atoms with Crippen molar-refractivity contribution in [1.29, 1.82) is 0 Å². The fourth-order valence-electron chi connectivity index (χ4n) is 1.01. The summed E-state index contributed by atoms with van der Waals surface area (Å²) in [5, 5.41) is 8.63. The Labute approximate surface area is 173 Å². The first-order valence-electron chi connectivity index (χ1n) is 5.34.